The fraction of sp³-hybridized carbons (Fsp3) is 0.261. The molecule has 0 radical (unpaired) electrons. The summed E-state index contributed by atoms with van der Waals surface area (Å²) in [4.78, 5) is 17.1. The fourth-order valence-electron chi connectivity index (χ4n) is 3.30. The van der Waals surface area contributed by atoms with Gasteiger partial charge in [0.25, 0.3) is 5.56 Å². The van der Waals surface area contributed by atoms with Crippen LogP contribution in [0.1, 0.15) is 29.8 Å². The maximum absolute atomic E-state index is 12.7. The number of nitrogens with zero attached hydrogens (tertiary/aromatic N) is 3. The van der Waals surface area contributed by atoms with E-state index in [-0.39, 0.29) is 11.1 Å². The van der Waals surface area contributed by atoms with Crippen molar-refractivity contribution < 1.29 is 4.74 Å². The van der Waals surface area contributed by atoms with Gasteiger partial charge in [0, 0.05) is 24.0 Å². The molecule has 1 fully saturated rings. The predicted octanol–water partition coefficient (Wildman–Crippen LogP) is 5.25. The maximum atomic E-state index is 12.7. The Morgan fingerprint density at radius 2 is 1.97 bits per heavy atom. The van der Waals surface area contributed by atoms with Crippen LogP contribution < -0.4 is 10.3 Å². The van der Waals surface area contributed by atoms with Gasteiger partial charge in [-0.1, -0.05) is 17.7 Å². The molecular weight excluding hydrogens is 386 g/mol. The Morgan fingerprint density at radius 3 is 2.62 bits per heavy atom. The Morgan fingerprint density at radius 1 is 1.21 bits per heavy atom. The number of benzene rings is 1. The first-order chi connectivity index (χ1) is 14.0. The van der Waals surface area contributed by atoms with Gasteiger partial charge < -0.3 is 9.30 Å². The molecule has 146 valence electrons. The van der Waals surface area contributed by atoms with E-state index in [1.54, 1.807) is 29.0 Å². The molecule has 29 heavy (non-hydrogen) atoms. The van der Waals surface area contributed by atoms with Crippen molar-refractivity contribution in [1.82, 2.24) is 9.55 Å². The van der Waals surface area contributed by atoms with Gasteiger partial charge in [0.15, 0.2) is 0 Å². The van der Waals surface area contributed by atoms with Crippen LogP contribution in [0.2, 0.25) is 5.02 Å². The van der Waals surface area contributed by atoms with E-state index in [9.17, 15) is 10.1 Å². The van der Waals surface area contributed by atoms with Crippen molar-refractivity contribution in [1.29, 1.82) is 5.26 Å². The van der Waals surface area contributed by atoms with Crippen LogP contribution in [0.4, 0.5) is 0 Å². The Balaban J connectivity index is 1.66. The predicted molar refractivity (Wildman–Crippen MR) is 112 cm³/mol. The van der Waals surface area contributed by atoms with Gasteiger partial charge in [-0.05, 0) is 68.5 Å². The minimum absolute atomic E-state index is 0.136. The highest BCUT2D eigenvalue weighted by atomic mass is 35.5. The third-order valence-electron chi connectivity index (χ3n) is 5.07. The zero-order valence-electron chi connectivity index (χ0n) is 16.3. The number of pyridine rings is 2. The van der Waals surface area contributed by atoms with Gasteiger partial charge in [-0.2, -0.15) is 5.26 Å². The first kappa shape index (κ1) is 19.2. The second-order valence-electron chi connectivity index (χ2n) is 7.40. The van der Waals surface area contributed by atoms with Crippen LogP contribution in [-0.2, 0) is 6.54 Å². The van der Waals surface area contributed by atoms with Gasteiger partial charge in [0.2, 0.25) is 0 Å². The van der Waals surface area contributed by atoms with E-state index in [0.29, 0.717) is 40.1 Å². The zero-order valence-corrected chi connectivity index (χ0v) is 17.0. The number of halogens is 1. The van der Waals surface area contributed by atoms with E-state index in [1.165, 1.54) is 0 Å². The van der Waals surface area contributed by atoms with Crippen LogP contribution >= 0.6 is 11.6 Å². The van der Waals surface area contributed by atoms with E-state index < -0.39 is 0 Å². The van der Waals surface area contributed by atoms with Crippen LogP contribution in [0, 0.1) is 31.1 Å². The SMILES string of the molecule is Cc1ccc(Oc2ccc(-c3ccn(CC4CC4)c(=O)c3C#N)cc2Cl)c(C)n1. The molecule has 1 saturated carbocycles. The van der Waals surface area contributed by atoms with E-state index >= 15 is 0 Å². The summed E-state index contributed by atoms with van der Waals surface area (Å²) in [7, 11) is 0. The van der Waals surface area contributed by atoms with Crippen LogP contribution in [-0.4, -0.2) is 9.55 Å². The number of aryl methyl sites for hydroxylation is 2. The third-order valence-corrected chi connectivity index (χ3v) is 5.36. The first-order valence-corrected chi connectivity index (χ1v) is 9.89. The Kier molecular flexibility index (Phi) is 5.12. The highest BCUT2D eigenvalue weighted by Crippen LogP contribution is 2.35. The quantitative estimate of drug-likeness (QED) is 0.581. The summed E-state index contributed by atoms with van der Waals surface area (Å²) >= 11 is 6.44. The lowest BCUT2D eigenvalue weighted by atomic mass is 10.0. The molecule has 2 heterocycles. The molecule has 0 saturated heterocycles. The zero-order chi connectivity index (χ0) is 20.5. The molecule has 0 amide bonds. The van der Waals surface area contributed by atoms with Crippen molar-refractivity contribution in [3.63, 3.8) is 0 Å². The second-order valence-corrected chi connectivity index (χ2v) is 7.81. The minimum Gasteiger partial charge on any atom is -0.454 e. The molecule has 5 nitrogen and oxygen atoms in total. The van der Waals surface area contributed by atoms with Crippen LogP contribution in [0.5, 0.6) is 11.5 Å². The third kappa shape index (κ3) is 4.03. The molecule has 1 aromatic carbocycles. The van der Waals surface area contributed by atoms with Gasteiger partial charge in [-0.3, -0.25) is 9.78 Å². The fourth-order valence-corrected chi connectivity index (χ4v) is 3.52. The number of nitriles is 1. The second kappa shape index (κ2) is 7.73. The number of hydrogen-bond donors (Lipinski definition) is 0. The molecule has 0 unspecified atom stereocenters. The van der Waals surface area contributed by atoms with E-state index in [1.807, 2.05) is 32.0 Å². The van der Waals surface area contributed by atoms with E-state index in [0.717, 1.165) is 24.2 Å². The van der Waals surface area contributed by atoms with Crippen molar-refractivity contribution in [2.24, 2.45) is 5.92 Å². The standard InChI is InChI=1S/C23H20ClN3O2/c1-14-3-7-21(15(2)26-14)29-22-8-6-17(11-20(22)24)18-9-10-27(13-16-4-5-16)23(28)19(18)12-25/h3,6-11,16H,4-5,13H2,1-2H3. The molecule has 2 aromatic heterocycles. The summed E-state index contributed by atoms with van der Waals surface area (Å²) in [6.45, 7) is 4.47. The minimum atomic E-state index is -0.255. The molecule has 6 heteroatoms. The Bertz CT molecular complexity index is 1190. The molecular formula is C23H20ClN3O2. The monoisotopic (exact) mass is 405 g/mol. The molecule has 0 bridgehead atoms. The summed E-state index contributed by atoms with van der Waals surface area (Å²) in [5, 5.41) is 9.98. The van der Waals surface area contributed by atoms with Crippen molar-refractivity contribution in [3.05, 3.63) is 74.9 Å². The normalized spacial score (nSPS) is 13.2. The highest BCUT2D eigenvalue weighted by molar-refractivity contribution is 6.32. The van der Waals surface area contributed by atoms with Crippen molar-refractivity contribution in [2.45, 2.75) is 33.2 Å². The molecule has 1 aliphatic carbocycles. The molecule has 3 aromatic rings. The van der Waals surface area contributed by atoms with Crippen LogP contribution in [0.3, 0.4) is 0 Å². The lowest BCUT2D eigenvalue weighted by molar-refractivity contribution is 0.475. The summed E-state index contributed by atoms with van der Waals surface area (Å²) < 4.78 is 7.54. The van der Waals surface area contributed by atoms with Gasteiger partial charge in [-0.25, -0.2) is 0 Å². The highest BCUT2D eigenvalue weighted by Gasteiger charge is 2.23. The molecule has 0 spiro atoms. The molecule has 4 rings (SSSR count). The average molecular weight is 406 g/mol. The van der Waals surface area contributed by atoms with Crippen molar-refractivity contribution in [3.8, 4) is 28.7 Å². The molecule has 0 atom stereocenters. The number of hydrogen-bond acceptors (Lipinski definition) is 4. The van der Waals surface area contributed by atoms with Crippen molar-refractivity contribution in [2.75, 3.05) is 0 Å². The summed E-state index contributed by atoms with van der Waals surface area (Å²) in [6, 6.07) is 12.9. The lowest BCUT2D eigenvalue weighted by Gasteiger charge is -2.13. The summed E-state index contributed by atoms with van der Waals surface area (Å²) in [5.41, 5.74) is 2.85. The maximum Gasteiger partial charge on any atom is 0.269 e. The van der Waals surface area contributed by atoms with Crippen molar-refractivity contribution >= 4 is 11.6 Å². The summed E-state index contributed by atoms with van der Waals surface area (Å²) in [6.07, 6.45) is 4.04. The van der Waals surface area contributed by atoms with Crippen LogP contribution in [0.25, 0.3) is 11.1 Å². The number of aromatic nitrogens is 2. The van der Waals surface area contributed by atoms with Crippen LogP contribution in [0.15, 0.2) is 47.4 Å². The largest absolute Gasteiger partial charge is 0.454 e. The average Bonchev–Trinajstić information content (AvgIpc) is 3.51. The Labute approximate surface area is 174 Å². The molecule has 0 N–H and O–H groups in total. The first-order valence-electron chi connectivity index (χ1n) is 9.52. The van der Waals surface area contributed by atoms with Gasteiger partial charge >= 0.3 is 0 Å². The summed E-state index contributed by atoms with van der Waals surface area (Å²) in [5.74, 6) is 1.67. The van der Waals surface area contributed by atoms with Gasteiger partial charge in [0.05, 0.1) is 10.7 Å². The lowest BCUT2D eigenvalue weighted by Crippen LogP contribution is -2.23. The molecule has 1 aliphatic rings. The van der Waals surface area contributed by atoms with E-state index in [2.05, 4.69) is 11.1 Å². The topological polar surface area (TPSA) is 67.9 Å². The smallest absolute Gasteiger partial charge is 0.269 e. The Hall–Kier alpha value is -3.10. The van der Waals surface area contributed by atoms with E-state index in [4.69, 9.17) is 16.3 Å². The number of ether oxygens (including phenoxy) is 1. The van der Waals surface area contributed by atoms with Gasteiger partial charge in [-0.15, -0.1) is 0 Å². The number of rotatable bonds is 5. The molecule has 0 aliphatic heterocycles. The van der Waals surface area contributed by atoms with Gasteiger partial charge in [0.1, 0.15) is 23.1 Å².